The number of amides is 1. The molecule has 1 amide bonds. The maximum atomic E-state index is 11.9. The average molecular weight is 539 g/mol. The van der Waals surface area contributed by atoms with Gasteiger partial charge >= 0.3 is 0 Å². The van der Waals surface area contributed by atoms with Crippen LogP contribution in [0.25, 0.3) is 0 Å². The number of halogens is 1. The minimum Gasteiger partial charge on any atom is -0.354 e. The van der Waals surface area contributed by atoms with Crippen molar-refractivity contribution in [2.24, 2.45) is 16.0 Å². The number of nitrogens with zero attached hydrogens (tertiary/aromatic N) is 2. The Hall–Kier alpha value is -1.40. The Kier molecular flexibility index (Phi) is 12.4. The minimum atomic E-state index is -3.71. The number of carbonyl (C=O) groups is 1. The van der Waals surface area contributed by atoms with Crippen LogP contribution in [0.3, 0.4) is 0 Å². The second-order valence-corrected chi connectivity index (χ2v) is 9.07. The first-order chi connectivity index (χ1) is 13.0. The molecule has 0 radical (unpaired) electrons. The van der Waals surface area contributed by atoms with Crippen molar-refractivity contribution in [1.29, 1.82) is 0 Å². The van der Waals surface area contributed by atoms with Gasteiger partial charge in [-0.1, -0.05) is 26.0 Å². The Morgan fingerprint density at radius 2 is 1.72 bits per heavy atom. The molecule has 0 saturated heterocycles. The van der Waals surface area contributed by atoms with E-state index < -0.39 is 10.0 Å². The fourth-order valence-corrected chi connectivity index (χ4v) is 2.83. The number of aliphatic imine (C=N–C) groups is 1. The summed E-state index contributed by atoms with van der Waals surface area (Å²) in [7, 11) is -0.307. The molecule has 0 saturated carbocycles. The van der Waals surface area contributed by atoms with Gasteiger partial charge in [-0.25, -0.2) is 18.5 Å². The summed E-state index contributed by atoms with van der Waals surface area (Å²) in [5, 5.41) is 11.5. The van der Waals surface area contributed by atoms with Gasteiger partial charge in [0.25, 0.3) is 0 Å². The normalized spacial score (nSPS) is 12.9. The molecule has 0 aromatic heterocycles. The van der Waals surface area contributed by atoms with Crippen LogP contribution in [0, 0.1) is 5.92 Å². The second kappa shape index (κ2) is 13.0. The van der Waals surface area contributed by atoms with Crippen LogP contribution in [0.1, 0.15) is 39.2 Å². The molecule has 0 bridgehead atoms. The fraction of sp³-hybridized carbons (Fsp3) is 0.579. The Morgan fingerprint density at radius 3 is 2.21 bits per heavy atom. The zero-order valence-corrected chi connectivity index (χ0v) is 21.0. The molecule has 29 heavy (non-hydrogen) atoms. The highest BCUT2D eigenvalue weighted by atomic mass is 127. The van der Waals surface area contributed by atoms with Crippen molar-refractivity contribution in [2.45, 2.75) is 51.1 Å². The Labute approximate surface area is 191 Å². The molecule has 1 aromatic rings. The van der Waals surface area contributed by atoms with Gasteiger partial charge in [0.2, 0.25) is 15.9 Å². The van der Waals surface area contributed by atoms with E-state index in [0.29, 0.717) is 18.4 Å². The molecule has 8 nitrogen and oxygen atoms in total. The number of rotatable bonds is 9. The average Bonchev–Trinajstić information content (AvgIpc) is 2.61. The molecule has 1 aromatic carbocycles. The highest BCUT2D eigenvalue weighted by Crippen LogP contribution is 2.10. The van der Waals surface area contributed by atoms with Crippen molar-refractivity contribution < 1.29 is 13.2 Å². The van der Waals surface area contributed by atoms with Gasteiger partial charge in [-0.3, -0.25) is 4.79 Å². The summed E-state index contributed by atoms with van der Waals surface area (Å²) in [6.07, 6.45) is 2.08. The van der Waals surface area contributed by atoms with Gasteiger partial charge in [0.05, 0.1) is 18.0 Å². The third kappa shape index (κ3) is 11.4. The molecule has 0 aliphatic carbocycles. The van der Waals surface area contributed by atoms with Crippen molar-refractivity contribution in [3.05, 3.63) is 29.8 Å². The smallest absolute Gasteiger partial charge is 0.241 e. The lowest BCUT2D eigenvalue weighted by molar-refractivity contribution is -0.127. The van der Waals surface area contributed by atoms with Crippen LogP contribution in [0.15, 0.2) is 34.2 Å². The monoisotopic (exact) mass is 539 g/mol. The predicted molar refractivity (Wildman–Crippen MR) is 128 cm³/mol. The van der Waals surface area contributed by atoms with Crippen LogP contribution < -0.4 is 15.8 Å². The van der Waals surface area contributed by atoms with Crippen LogP contribution in [0.4, 0.5) is 0 Å². The molecule has 0 spiro atoms. The van der Waals surface area contributed by atoms with E-state index in [1.807, 2.05) is 0 Å². The van der Waals surface area contributed by atoms with Crippen LogP contribution in [0.5, 0.6) is 0 Å². The fourth-order valence-electron chi connectivity index (χ4n) is 2.31. The third-order valence-corrected chi connectivity index (χ3v) is 5.07. The van der Waals surface area contributed by atoms with E-state index in [-0.39, 0.29) is 47.4 Å². The highest BCUT2D eigenvalue weighted by Gasteiger charge is 2.10. The topological polar surface area (TPSA) is 117 Å². The molecule has 10 heteroatoms. The van der Waals surface area contributed by atoms with Crippen LogP contribution in [0.2, 0.25) is 0 Å². The molecular weight excluding hydrogens is 505 g/mol. The molecular formula is C19H34IN5O3S. The highest BCUT2D eigenvalue weighted by molar-refractivity contribution is 14.0. The minimum absolute atomic E-state index is 0. The largest absolute Gasteiger partial charge is 0.354 e. The maximum Gasteiger partial charge on any atom is 0.241 e. The Morgan fingerprint density at radius 1 is 1.14 bits per heavy atom. The molecule has 0 heterocycles. The van der Waals surface area contributed by atoms with E-state index in [1.165, 1.54) is 17.0 Å². The number of benzene rings is 1. The molecule has 166 valence electrons. The summed E-state index contributed by atoms with van der Waals surface area (Å²) in [5.41, 5.74) is 0.835. The van der Waals surface area contributed by atoms with E-state index in [4.69, 9.17) is 5.14 Å². The summed E-state index contributed by atoms with van der Waals surface area (Å²) >= 11 is 0. The van der Waals surface area contributed by atoms with Crippen molar-refractivity contribution >= 4 is 45.9 Å². The molecule has 4 N–H and O–H groups in total. The number of nitrogens with one attached hydrogen (secondary N) is 2. The van der Waals surface area contributed by atoms with Crippen LogP contribution >= 0.6 is 24.0 Å². The first kappa shape index (κ1) is 27.6. The molecule has 1 rings (SSSR count). The van der Waals surface area contributed by atoms with E-state index in [1.54, 1.807) is 26.2 Å². The molecule has 1 unspecified atom stereocenters. The summed E-state index contributed by atoms with van der Waals surface area (Å²) in [5.74, 6) is 1.11. The number of guanidine groups is 1. The van der Waals surface area contributed by atoms with Gasteiger partial charge in [-0.05, 0) is 43.4 Å². The summed E-state index contributed by atoms with van der Waals surface area (Å²) in [4.78, 5) is 18.0. The number of sulfonamides is 1. The standard InChI is InChI=1S/C19H33N5O3S.HI/c1-14(2)6-7-15(3)23-19(22-13-18(25)24(4)5)21-12-16-8-10-17(11-9-16)28(20,26)27;/h8-11,14-15H,6-7,12-13H2,1-5H3,(H2,20,26,27)(H2,21,22,23);1H. The Balaban J connectivity index is 0.00000784. The third-order valence-electron chi connectivity index (χ3n) is 4.14. The summed E-state index contributed by atoms with van der Waals surface area (Å²) in [6, 6.07) is 6.47. The van der Waals surface area contributed by atoms with Crippen molar-refractivity contribution in [1.82, 2.24) is 15.5 Å². The van der Waals surface area contributed by atoms with Crippen LogP contribution in [-0.4, -0.2) is 51.9 Å². The van der Waals surface area contributed by atoms with Crippen LogP contribution in [-0.2, 0) is 21.4 Å². The van der Waals surface area contributed by atoms with Crippen molar-refractivity contribution in [2.75, 3.05) is 20.6 Å². The number of primary sulfonamides is 1. The molecule has 1 atom stereocenters. The molecule has 0 fully saturated rings. The summed E-state index contributed by atoms with van der Waals surface area (Å²) < 4.78 is 22.7. The lowest BCUT2D eigenvalue weighted by Crippen LogP contribution is -2.46. The molecule has 0 aliphatic rings. The van der Waals surface area contributed by atoms with Gasteiger partial charge < -0.3 is 15.5 Å². The van der Waals surface area contributed by atoms with E-state index in [9.17, 15) is 13.2 Å². The first-order valence-corrected chi connectivity index (χ1v) is 10.9. The van der Waals surface area contributed by atoms with Crippen molar-refractivity contribution in [3.63, 3.8) is 0 Å². The quantitative estimate of drug-likeness (QED) is 0.252. The number of carbonyl (C=O) groups excluding carboxylic acids is 1. The maximum absolute atomic E-state index is 11.9. The predicted octanol–water partition coefficient (Wildman–Crippen LogP) is 1.90. The second-order valence-electron chi connectivity index (χ2n) is 7.51. The van der Waals surface area contributed by atoms with Gasteiger partial charge in [0.15, 0.2) is 5.96 Å². The number of nitrogens with two attached hydrogens (primary N) is 1. The zero-order chi connectivity index (χ0) is 21.3. The molecule has 0 aliphatic heterocycles. The van der Waals surface area contributed by atoms with E-state index >= 15 is 0 Å². The van der Waals surface area contributed by atoms with Gasteiger partial charge in [0.1, 0.15) is 0 Å². The lowest BCUT2D eigenvalue weighted by Gasteiger charge is -2.20. The number of hydrogen-bond donors (Lipinski definition) is 3. The summed E-state index contributed by atoms with van der Waals surface area (Å²) in [6.45, 7) is 6.92. The first-order valence-electron chi connectivity index (χ1n) is 9.35. The lowest BCUT2D eigenvalue weighted by atomic mass is 10.0. The number of likely N-dealkylation sites (N-methyl/N-ethyl adjacent to an activating group) is 1. The van der Waals surface area contributed by atoms with Gasteiger partial charge in [-0.2, -0.15) is 0 Å². The van der Waals surface area contributed by atoms with Gasteiger partial charge in [-0.15, -0.1) is 24.0 Å². The van der Waals surface area contributed by atoms with Crippen molar-refractivity contribution in [3.8, 4) is 0 Å². The Bertz CT molecular complexity index is 765. The van der Waals surface area contributed by atoms with E-state index in [2.05, 4.69) is 36.4 Å². The zero-order valence-electron chi connectivity index (χ0n) is 17.8. The van der Waals surface area contributed by atoms with E-state index in [0.717, 1.165) is 18.4 Å². The SMILES string of the molecule is CC(C)CCC(C)NC(=NCc1ccc(S(N)(=O)=O)cc1)NCC(=O)N(C)C.I. The van der Waals surface area contributed by atoms with Gasteiger partial charge in [0, 0.05) is 20.1 Å². The number of hydrogen-bond acceptors (Lipinski definition) is 4.